The maximum Gasteiger partial charge on any atom is 0.146 e. The molecular formula is C16H25FN2O. The number of benzene rings is 1. The Labute approximate surface area is 121 Å². The SMILES string of the molecule is CCNC(C)c1ccc(N2CCCC(OC)C2)c(F)c1. The summed E-state index contributed by atoms with van der Waals surface area (Å²) in [4.78, 5) is 2.09. The van der Waals surface area contributed by atoms with Crippen molar-refractivity contribution in [2.75, 3.05) is 31.6 Å². The van der Waals surface area contributed by atoms with Crippen LogP contribution in [0.25, 0.3) is 0 Å². The standard InChI is InChI=1S/C16H25FN2O/c1-4-18-12(2)13-7-8-16(15(17)10-13)19-9-5-6-14(11-19)20-3/h7-8,10,12,14,18H,4-6,9,11H2,1-3H3. The van der Waals surface area contributed by atoms with E-state index >= 15 is 0 Å². The van der Waals surface area contributed by atoms with E-state index in [1.165, 1.54) is 0 Å². The predicted molar refractivity (Wildman–Crippen MR) is 80.7 cm³/mol. The van der Waals surface area contributed by atoms with Gasteiger partial charge >= 0.3 is 0 Å². The molecule has 4 heteroatoms. The van der Waals surface area contributed by atoms with Crippen molar-refractivity contribution in [3.63, 3.8) is 0 Å². The minimum atomic E-state index is -0.135. The lowest BCUT2D eigenvalue weighted by Crippen LogP contribution is -2.39. The zero-order valence-corrected chi connectivity index (χ0v) is 12.7. The van der Waals surface area contributed by atoms with E-state index in [0.717, 1.165) is 38.0 Å². The number of methoxy groups -OCH3 is 1. The maximum absolute atomic E-state index is 14.4. The molecule has 1 aromatic carbocycles. The highest BCUT2D eigenvalue weighted by Gasteiger charge is 2.22. The minimum Gasteiger partial charge on any atom is -0.380 e. The van der Waals surface area contributed by atoms with Gasteiger partial charge in [0.2, 0.25) is 0 Å². The molecule has 0 amide bonds. The third-order valence-electron chi connectivity index (χ3n) is 4.03. The maximum atomic E-state index is 14.4. The fourth-order valence-corrected chi connectivity index (χ4v) is 2.82. The molecule has 0 saturated carbocycles. The fourth-order valence-electron chi connectivity index (χ4n) is 2.82. The number of nitrogens with zero attached hydrogens (tertiary/aromatic N) is 1. The zero-order chi connectivity index (χ0) is 14.5. The molecule has 1 N–H and O–H groups in total. The van der Waals surface area contributed by atoms with Crippen LogP contribution in [-0.4, -0.2) is 32.8 Å². The molecular weight excluding hydrogens is 255 g/mol. The van der Waals surface area contributed by atoms with Crippen LogP contribution in [-0.2, 0) is 4.74 Å². The average molecular weight is 280 g/mol. The van der Waals surface area contributed by atoms with Crippen molar-refractivity contribution in [1.29, 1.82) is 0 Å². The van der Waals surface area contributed by atoms with Gasteiger partial charge in [-0.1, -0.05) is 13.0 Å². The molecule has 1 heterocycles. The van der Waals surface area contributed by atoms with E-state index in [9.17, 15) is 4.39 Å². The van der Waals surface area contributed by atoms with Crippen molar-refractivity contribution in [2.24, 2.45) is 0 Å². The predicted octanol–water partition coefficient (Wildman–Crippen LogP) is 3.11. The molecule has 0 radical (unpaired) electrons. The van der Waals surface area contributed by atoms with Crippen LogP contribution in [0.4, 0.5) is 10.1 Å². The second kappa shape index (κ2) is 7.04. The molecule has 1 fully saturated rings. The Morgan fingerprint density at radius 1 is 1.50 bits per heavy atom. The summed E-state index contributed by atoms with van der Waals surface area (Å²) in [6.07, 6.45) is 2.32. The third kappa shape index (κ3) is 3.49. The number of hydrogen-bond acceptors (Lipinski definition) is 3. The van der Waals surface area contributed by atoms with Crippen LogP contribution in [0.5, 0.6) is 0 Å². The van der Waals surface area contributed by atoms with Gasteiger partial charge in [-0.3, -0.25) is 0 Å². The van der Waals surface area contributed by atoms with E-state index in [-0.39, 0.29) is 18.0 Å². The lowest BCUT2D eigenvalue weighted by molar-refractivity contribution is 0.0892. The summed E-state index contributed by atoms with van der Waals surface area (Å²) in [5.41, 5.74) is 1.69. The zero-order valence-electron chi connectivity index (χ0n) is 12.7. The average Bonchev–Trinajstić information content (AvgIpc) is 2.47. The van der Waals surface area contributed by atoms with Gasteiger partial charge in [0.25, 0.3) is 0 Å². The highest BCUT2D eigenvalue weighted by Crippen LogP contribution is 2.26. The highest BCUT2D eigenvalue weighted by atomic mass is 19.1. The van der Waals surface area contributed by atoms with Crippen LogP contribution < -0.4 is 10.2 Å². The van der Waals surface area contributed by atoms with Crippen LogP contribution in [0.2, 0.25) is 0 Å². The number of anilines is 1. The van der Waals surface area contributed by atoms with Crippen molar-refractivity contribution >= 4 is 5.69 Å². The minimum absolute atomic E-state index is 0.135. The van der Waals surface area contributed by atoms with Gasteiger partial charge in [0.15, 0.2) is 0 Å². The molecule has 20 heavy (non-hydrogen) atoms. The lowest BCUT2D eigenvalue weighted by Gasteiger charge is -2.34. The van der Waals surface area contributed by atoms with E-state index in [4.69, 9.17) is 4.74 Å². The van der Waals surface area contributed by atoms with Crippen molar-refractivity contribution in [2.45, 2.75) is 38.8 Å². The molecule has 3 nitrogen and oxygen atoms in total. The van der Waals surface area contributed by atoms with Gasteiger partial charge in [0.05, 0.1) is 11.8 Å². The van der Waals surface area contributed by atoms with Crippen molar-refractivity contribution in [3.8, 4) is 0 Å². The highest BCUT2D eigenvalue weighted by molar-refractivity contribution is 5.50. The molecule has 0 aromatic heterocycles. The number of nitrogens with one attached hydrogen (secondary N) is 1. The van der Waals surface area contributed by atoms with Gasteiger partial charge in [-0.25, -0.2) is 4.39 Å². The van der Waals surface area contributed by atoms with E-state index in [1.807, 2.05) is 12.1 Å². The normalized spacial score (nSPS) is 21.0. The number of piperidine rings is 1. The first kappa shape index (κ1) is 15.3. The summed E-state index contributed by atoms with van der Waals surface area (Å²) in [6.45, 7) is 6.67. The van der Waals surface area contributed by atoms with E-state index in [0.29, 0.717) is 5.69 Å². The molecule has 2 atom stereocenters. The van der Waals surface area contributed by atoms with Gasteiger partial charge < -0.3 is 15.0 Å². The van der Waals surface area contributed by atoms with E-state index < -0.39 is 0 Å². The number of ether oxygens (including phenoxy) is 1. The molecule has 1 aliphatic rings. The van der Waals surface area contributed by atoms with Crippen LogP contribution >= 0.6 is 0 Å². The Morgan fingerprint density at radius 2 is 2.30 bits per heavy atom. The molecule has 1 saturated heterocycles. The van der Waals surface area contributed by atoms with Crippen molar-refractivity contribution in [3.05, 3.63) is 29.6 Å². The second-order valence-corrected chi connectivity index (χ2v) is 5.44. The molecule has 112 valence electrons. The van der Waals surface area contributed by atoms with Gasteiger partial charge in [0, 0.05) is 26.2 Å². The van der Waals surface area contributed by atoms with Crippen LogP contribution in [0, 0.1) is 5.82 Å². The monoisotopic (exact) mass is 280 g/mol. The van der Waals surface area contributed by atoms with Crippen LogP contribution in [0.3, 0.4) is 0 Å². The largest absolute Gasteiger partial charge is 0.380 e. The lowest BCUT2D eigenvalue weighted by atomic mass is 10.0. The second-order valence-electron chi connectivity index (χ2n) is 5.44. The number of halogens is 1. The Morgan fingerprint density at radius 3 is 2.95 bits per heavy atom. The van der Waals surface area contributed by atoms with E-state index in [2.05, 4.69) is 24.1 Å². The summed E-state index contributed by atoms with van der Waals surface area (Å²) in [5, 5.41) is 3.30. The molecule has 0 spiro atoms. The summed E-state index contributed by atoms with van der Waals surface area (Å²) in [6, 6.07) is 5.74. The summed E-state index contributed by atoms with van der Waals surface area (Å²) in [5.74, 6) is -0.135. The quantitative estimate of drug-likeness (QED) is 0.897. The molecule has 2 rings (SSSR count). The Kier molecular flexibility index (Phi) is 5.38. The molecule has 2 unspecified atom stereocenters. The smallest absolute Gasteiger partial charge is 0.146 e. The summed E-state index contributed by atoms with van der Waals surface area (Å²) >= 11 is 0. The molecule has 1 aliphatic heterocycles. The van der Waals surface area contributed by atoms with Gasteiger partial charge in [0.1, 0.15) is 5.82 Å². The first-order chi connectivity index (χ1) is 9.65. The molecule has 1 aromatic rings. The topological polar surface area (TPSA) is 24.5 Å². The van der Waals surface area contributed by atoms with Crippen molar-refractivity contribution in [1.82, 2.24) is 5.32 Å². The third-order valence-corrected chi connectivity index (χ3v) is 4.03. The summed E-state index contributed by atoms with van der Waals surface area (Å²) < 4.78 is 19.8. The first-order valence-corrected chi connectivity index (χ1v) is 7.46. The summed E-state index contributed by atoms with van der Waals surface area (Å²) in [7, 11) is 1.73. The number of rotatable bonds is 5. The van der Waals surface area contributed by atoms with Crippen LogP contribution in [0.1, 0.15) is 38.3 Å². The molecule has 0 aliphatic carbocycles. The van der Waals surface area contributed by atoms with Crippen molar-refractivity contribution < 1.29 is 9.13 Å². The van der Waals surface area contributed by atoms with Gasteiger partial charge in [-0.2, -0.15) is 0 Å². The number of hydrogen-bond donors (Lipinski definition) is 1. The Bertz CT molecular complexity index is 438. The Hall–Kier alpha value is -1.13. The van der Waals surface area contributed by atoms with Crippen LogP contribution in [0.15, 0.2) is 18.2 Å². The Balaban J connectivity index is 2.13. The fraction of sp³-hybridized carbons (Fsp3) is 0.625. The van der Waals surface area contributed by atoms with Gasteiger partial charge in [-0.05, 0) is 44.0 Å². The molecule has 0 bridgehead atoms. The van der Waals surface area contributed by atoms with Gasteiger partial charge in [-0.15, -0.1) is 0 Å². The first-order valence-electron chi connectivity index (χ1n) is 7.46. The van der Waals surface area contributed by atoms with E-state index in [1.54, 1.807) is 13.2 Å².